The summed E-state index contributed by atoms with van der Waals surface area (Å²) in [6.07, 6.45) is 1.96. The molecule has 10 heteroatoms. The lowest BCUT2D eigenvalue weighted by molar-refractivity contribution is 0.122. The number of primary amides is 1. The molecule has 8 nitrogen and oxygen atoms in total. The molecule has 1 aliphatic rings. The average Bonchev–Trinajstić information content (AvgIpc) is 2.67. The molecule has 26 heavy (non-hydrogen) atoms. The molecular weight excluding hydrogens is 376 g/mol. The summed E-state index contributed by atoms with van der Waals surface area (Å²) in [5.74, 6) is 1.37. The van der Waals surface area contributed by atoms with E-state index in [0.29, 0.717) is 29.9 Å². The normalized spacial score (nSPS) is 14.2. The van der Waals surface area contributed by atoms with Gasteiger partial charge in [0.15, 0.2) is 5.82 Å². The number of carbonyl (C=O) groups is 1. The fraction of sp³-hybridized carbons (Fsp3) is 0.312. The second-order valence-electron chi connectivity index (χ2n) is 5.49. The zero-order valence-corrected chi connectivity index (χ0v) is 15.7. The van der Waals surface area contributed by atoms with Gasteiger partial charge in [-0.1, -0.05) is 11.6 Å². The minimum atomic E-state index is -0.660. The lowest BCUT2D eigenvalue weighted by atomic mass is 10.2. The number of amides is 2. The van der Waals surface area contributed by atoms with E-state index >= 15 is 0 Å². The Kier molecular flexibility index (Phi) is 6.02. The molecule has 1 fully saturated rings. The van der Waals surface area contributed by atoms with Crippen LogP contribution < -0.4 is 21.5 Å². The highest BCUT2D eigenvalue weighted by atomic mass is 35.5. The maximum absolute atomic E-state index is 10.7. The Morgan fingerprint density at radius 2 is 1.96 bits per heavy atom. The van der Waals surface area contributed by atoms with Gasteiger partial charge in [-0.3, -0.25) is 10.9 Å². The largest absolute Gasteiger partial charge is 0.378 e. The lowest BCUT2D eigenvalue weighted by Gasteiger charge is -2.29. The monoisotopic (exact) mass is 394 g/mol. The number of morpholine rings is 1. The van der Waals surface area contributed by atoms with Crippen LogP contribution in [0.2, 0.25) is 5.15 Å². The van der Waals surface area contributed by atoms with E-state index in [0.717, 1.165) is 29.4 Å². The summed E-state index contributed by atoms with van der Waals surface area (Å²) in [7, 11) is 0. The van der Waals surface area contributed by atoms with E-state index in [-0.39, 0.29) is 0 Å². The van der Waals surface area contributed by atoms with Crippen molar-refractivity contribution in [1.82, 2.24) is 15.4 Å². The number of nitrogens with zero attached hydrogens (tertiary/aromatic N) is 3. The number of halogens is 1. The second-order valence-corrected chi connectivity index (χ2v) is 6.66. The molecule has 4 N–H and O–H groups in total. The molecule has 0 atom stereocenters. The number of anilines is 2. The number of urea groups is 1. The Balaban J connectivity index is 1.89. The van der Waals surface area contributed by atoms with Crippen molar-refractivity contribution >= 4 is 40.9 Å². The molecule has 0 radical (unpaired) electrons. The van der Waals surface area contributed by atoms with Crippen molar-refractivity contribution in [3.8, 4) is 11.4 Å². The van der Waals surface area contributed by atoms with E-state index in [2.05, 4.69) is 20.7 Å². The quantitative estimate of drug-likeness (QED) is 0.406. The van der Waals surface area contributed by atoms with E-state index in [9.17, 15) is 4.79 Å². The van der Waals surface area contributed by atoms with Crippen LogP contribution in [0, 0.1) is 0 Å². The van der Waals surface area contributed by atoms with Crippen molar-refractivity contribution in [2.75, 3.05) is 42.9 Å². The van der Waals surface area contributed by atoms with Gasteiger partial charge in [0.05, 0.1) is 23.8 Å². The van der Waals surface area contributed by atoms with Crippen LogP contribution in [0.5, 0.6) is 0 Å². The Hall–Kier alpha value is -2.23. The topological polar surface area (TPSA) is 105 Å². The third-order valence-electron chi connectivity index (χ3n) is 3.79. The van der Waals surface area contributed by atoms with Gasteiger partial charge in [-0.2, -0.15) is 0 Å². The number of hydrogen-bond donors (Lipinski definition) is 3. The lowest BCUT2D eigenvalue weighted by Crippen LogP contribution is -2.37. The summed E-state index contributed by atoms with van der Waals surface area (Å²) in [6.45, 7) is 2.86. The fourth-order valence-corrected chi connectivity index (χ4v) is 3.51. The Labute approximate surface area is 160 Å². The van der Waals surface area contributed by atoms with Crippen molar-refractivity contribution in [3.05, 3.63) is 29.4 Å². The molecule has 2 heterocycles. The molecule has 0 unspecified atom stereocenters. The fourth-order valence-electron chi connectivity index (χ4n) is 2.54. The van der Waals surface area contributed by atoms with Crippen LogP contribution in [-0.4, -0.2) is 48.6 Å². The molecule has 0 spiro atoms. The predicted molar refractivity (Wildman–Crippen MR) is 104 cm³/mol. The number of hydrazine groups is 1. The van der Waals surface area contributed by atoms with Gasteiger partial charge in [-0.05, 0) is 30.5 Å². The van der Waals surface area contributed by atoms with Gasteiger partial charge in [0, 0.05) is 18.7 Å². The number of benzene rings is 1. The van der Waals surface area contributed by atoms with Crippen LogP contribution in [-0.2, 0) is 4.74 Å². The van der Waals surface area contributed by atoms with Gasteiger partial charge in [0.25, 0.3) is 0 Å². The van der Waals surface area contributed by atoms with E-state index in [1.54, 1.807) is 12.1 Å². The molecule has 0 saturated carbocycles. The highest BCUT2D eigenvalue weighted by Gasteiger charge is 2.20. The molecule has 1 aromatic heterocycles. The number of ether oxygens (including phenoxy) is 1. The number of thioether (sulfide) groups is 1. The molecule has 2 aromatic rings. The molecule has 0 bridgehead atoms. The third kappa shape index (κ3) is 4.29. The summed E-state index contributed by atoms with van der Waals surface area (Å²) >= 11 is 7.95. The highest BCUT2D eigenvalue weighted by Crippen LogP contribution is 2.35. The number of rotatable bonds is 5. The summed E-state index contributed by atoms with van der Waals surface area (Å²) in [6, 6.07) is 6.61. The molecule has 3 rings (SSSR count). The number of nitrogens with two attached hydrogens (primary N) is 1. The Morgan fingerprint density at radius 1 is 1.27 bits per heavy atom. The van der Waals surface area contributed by atoms with E-state index in [1.165, 1.54) is 11.8 Å². The van der Waals surface area contributed by atoms with Crippen LogP contribution >= 0.6 is 23.4 Å². The van der Waals surface area contributed by atoms with E-state index in [4.69, 9.17) is 27.1 Å². The molecule has 0 aliphatic carbocycles. The van der Waals surface area contributed by atoms with E-state index in [1.807, 2.05) is 18.4 Å². The van der Waals surface area contributed by atoms with Crippen molar-refractivity contribution in [3.63, 3.8) is 0 Å². The minimum absolute atomic E-state index is 0.432. The van der Waals surface area contributed by atoms with Gasteiger partial charge in [-0.15, -0.1) is 11.8 Å². The maximum atomic E-state index is 10.7. The zero-order valence-electron chi connectivity index (χ0n) is 14.2. The van der Waals surface area contributed by atoms with Crippen molar-refractivity contribution in [1.29, 1.82) is 0 Å². The number of nitrogens with one attached hydrogen (secondary N) is 2. The van der Waals surface area contributed by atoms with Gasteiger partial charge >= 0.3 is 6.03 Å². The van der Waals surface area contributed by atoms with Crippen LogP contribution in [0.3, 0.4) is 0 Å². The first-order chi connectivity index (χ1) is 12.6. The number of hydrogen-bond acceptors (Lipinski definition) is 7. The molecule has 1 aromatic carbocycles. The van der Waals surface area contributed by atoms with Crippen LogP contribution in [0.25, 0.3) is 11.4 Å². The van der Waals surface area contributed by atoms with Gasteiger partial charge in [0.1, 0.15) is 11.0 Å². The number of carbonyl (C=O) groups excluding carboxylic acids is 1. The highest BCUT2D eigenvalue weighted by molar-refractivity contribution is 7.98. The summed E-state index contributed by atoms with van der Waals surface area (Å²) in [4.78, 5) is 23.0. The van der Waals surface area contributed by atoms with Crippen LogP contribution in [0.4, 0.5) is 16.3 Å². The molecule has 138 valence electrons. The first-order valence-electron chi connectivity index (χ1n) is 7.94. The second kappa shape index (κ2) is 8.43. The summed E-state index contributed by atoms with van der Waals surface area (Å²) < 4.78 is 5.42. The van der Waals surface area contributed by atoms with E-state index < -0.39 is 6.03 Å². The van der Waals surface area contributed by atoms with Crippen LogP contribution in [0.1, 0.15) is 0 Å². The first kappa shape index (κ1) is 18.6. The zero-order chi connectivity index (χ0) is 18.5. The van der Waals surface area contributed by atoms with Crippen molar-refractivity contribution < 1.29 is 9.53 Å². The molecule has 1 saturated heterocycles. The summed E-state index contributed by atoms with van der Waals surface area (Å²) in [5, 5.41) is 0.432. The van der Waals surface area contributed by atoms with Crippen LogP contribution in [0.15, 0.2) is 29.2 Å². The predicted octanol–water partition coefficient (Wildman–Crippen LogP) is 2.35. The maximum Gasteiger partial charge on any atom is 0.330 e. The Morgan fingerprint density at radius 3 is 2.58 bits per heavy atom. The van der Waals surface area contributed by atoms with Gasteiger partial charge in [0.2, 0.25) is 0 Å². The smallest absolute Gasteiger partial charge is 0.330 e. The molecule has 1 aliphatic heterocycles. The molecular formula is C16H19ClN6O2S. The van der Waals surface area contributed by atoms with Crippen molar-refractivity contribution in [2.45, 2.75) is 4.90 Å². The number of aromatic nitrogens is 2. The molecule has 2 amide bonds. The minimum Gasteiger partial charge on any atom is -0.378 e. The van der Waals surface area contributed by atoms with Gasteiger partial charge < -0.3 is 15.4 Å². The SMILES string of the molecule is CSc1c(Cl)nc(-c2ccc(NNC(N)=O)cc2)nc1N1CCOCC1. The first-order valence-corrected chi connectivity index (χ1v) is 9.55. The van der Waals surface area contributed by atoms with Crippen molar-refractivity contribution in [2.24, 2.45) is 5.73 Å². The van der Waals surface area contributed by atoms with Gasteiger partial charge in [-0.25, -0.2) is 14.8 Å². The average molecular weight is 395 g/mol. The Bertz CT molecular complexity index is 783. The standard InChI is InChI=1S/C16H19ClN6O2S/c1-26-12-13(17)19-14(20-15(12)23-6-8-25-9-7-23)10-2-4-11(5-3-10)21-22-16(18)24/h2-5,21H,6-9H2,1H3,(H3,18,22,24). The third-order valence-corrected chi connectivity index (χ3v) is 4.96. The summed E-state index contributed by atoms with van der Waals surface area (Å²) in [5.41, 5.74) is 11.5.